The summed E-state index contributed by atoms with van der Waals surface area (Å²) in [5, 5.41) is 4.16. The number of thioether (sulfide) groups is 1. The third kappa shape index (κ3) is 4.57. The number of aliphatic imine (C=N–C) groups is 1. The molecule has 4 bridgehead atoms. The Morgan fingerprint density at radius 3 is 2.94 bits per heavy atom. The summed E-state index contributed by atoms with van der Waals surface area (Å²) < 4.78 is 6.18. The smallest absolute Gasteiger partial charge is 0.199 e. The second-order valence-electron chi connectivity index (χ2n) is 9.75. The van der Waals surface area contributed by atoms with Gasteiger partial charge in [0.25, 0.3) is 0 Å². The lowest BCUT2D eigenvalue weighted by atomic mass is 9.49. The summed E-state index contributed by atoms with van der Waals surface area (Å²) in [6.45, 7) is 5.48. The number of likely N-dealkylation sites (N-methyl/N-ethyl adjacent to an activating group) is 1. The Morgan fingerprint density at radius 1 is 1.34 bits per heavy atom. The first kappa shape index (κ1) is 22.2. The largest absolute Gasteiger partial charge is 0.489 e. The number of amidine groups is 1. The van der Waals surface area contributed by atoms with Crippen molar-refractivity contribution < 1.29 is 4.74 Å². The minimum Gasteiger partial charge on any atom is -0.489 e. The van der Waals surface area contributed by atoms with E-state index in [9.17, 15) is 0 Å². The third-order valence-electron chi connectivity index (χ3n) is 7.80. The van der Waals surface area contributed by atoms with Crippen molar-refractivity contribution in [2.45, 2.75) is 58.0 Å². The molecule has 3 atom stereocenters. The lowest BCUT2D eigenvalue weighted by Crippen LogP contribution is -2.48. The van der Waals surface area contributed by atoms with Gasteiger partial charge < -0.3 is 15.8 Å². The van der Waals surface area contributed by atoms with Crippen LogP contribution in [0.15, 0.2) is 40.4 Å². The number of ether oxygens (including phenoxy) is 1. The van der Waals surface area contributed by atoms with Crippen LogP contribution in [0.2, 0.25) is 0 Å². The van der Waals surface area contributed by atoms with E-state index in [1.165, 1.54) is 45.1 Å². The van der Waals surface area contributed by atoms with Crippen LogP contribution < -0.4 is 15.8 Å². The average Bonchev–Trinajstić information content (AvgIpc) is 3.13. The second-order valence-corrected chi connectivity index (χ2v) is 11.1. The number of rotatable bonds is 6. The maximum atomic E-state index is 6.22. The Bertz CT molecular complexity index is 928. The Balaban J connectivity index is 1.09. The number of thiocarbonyl (C=S) groups is 1. The molecule has 1 aromatic carbocycles. The standard InChI is InChI=1S/C25H34N4OS2/c1-2-29-12-4-6-20(15-29)30-19-9-7-18(8-10-19)27-24(31)28-23(26)32-16-25-11-3-5-17-13-22(25)21(17)14-25/h7-10,20,22H,2-6,11-16H2,1H3,(H3,26,27,28,31). The van der Waals surface area contributed by atoms with E-state index in [1.807, 2.05) is 24.3 Å². The van der Waals surface area contributed by atoms with E-state index in [0.29, 0.717) is 15.7 Å². The highest BCUT2D eigenvalue weighted by Crippen LogP contribution is 2.67. The van der Waals surface area contributed by atoms with Crippen LogP contribution >= 0.6 is 24.0 Å². The van der Waals surface area contributed by atoms with E-state index in [1.54, 1.807) is 22.9 Å². The highest BCUT2D eigenvalue weighted by molar-refractivity contribution is 8.13. The molecule has 0 amide bonds. The van der Waals surface area contributed by atoms with Gasteiger partial charge in [-0.15, -0.1) is 0 Å². The molecule has 172 valence electrons. The first-order chi connectivity index (χ1) is 15.5. The fourth-order valence-corrected chi connectivity index (χ4v) is 7.24. The highest BCUT2D eigenvalue weighted by Gasteiger charge is 2.56. The van der Waals surface area contributed by atoms with Gasteiger partial charge in [-0.05, 0) is 106 Å². The average molecular weight is 471 g/mol. The zero-order valence-corrected chi connectivity index (χ0v) is 20.6. The molecule has 5 aliphatic rings. The van der Waals surface area contributed by atoms with Crippen LogP contribution in [0.25, 0.3) is 0 Å². The molecule has 7 heteroatoms. The Hall–Kier alpha value is -1.57. The summed E-state index contributed by atoms with van der Waals surface area (Å²) in [6, 6.07) is 7.97. The number of nitrogens with one attached hydrogen (secondary N) is 1. The van der Waals surface area contributed by atoms with Crippen molar-refractivity contribution in [3.63, 3.8) is 0 Å². The van der Waals surface area contributed by atoms with Gasteiger partial charge >= 0.3 is 0 Å². The van der Waals surface area contributed by atoms with Gasteiger partial charge in [-0.3, -0.25) is 4.90 Å². The summed E-state index contributed by atoms with van der Waals surface area (Å²) >= 11 is 7.10. The fourth-order valence-electron chi connectivity index (χ4n) is 5.93. The number of likely N-dealkylation sites (tertiary alicyclic amines) is 1. The van der Waals surface area contributed by atoms with E-state index in [-0.39, 0.29) is 6.10 Å². The van der Waals surface area contributed by atoms with Crippen LogP contribution in [0.3, 0.4) is 0 Å². The molecule has 4 aliphatic carbocycles. The second kappa shape index (κ2) is 9.35. The van der Waals surface area contributed by atoms with Crippen LogP contribution in [-0.4, -0.2) is 46.7 Å². The van der Waals surface area contributed by atoms with E-state index in [4.69, 9.17) is 22.7 Å². The molecule has 1 heterocycles. The van der Waals surface area contributed by atoms with Crippen LogP contribution in [0.5, 0.6) is 5.75 Å². The van der Waals surface area contributed by atoms with Gasteiger partial charge in [-0.1, -0.05) is 29.8 Å². The minimum absolute atomic E-state index is 0.270. The van der Waals surface area contributed by atoms with Crippen LogP contribution in [0, 0.1) is 11.3 Å². The van der Waals surface area contributed by atoms with Crippen LogP contribution in [-0.2, 0) is 0 Å². The van der Waals surface area contributed by atoms with Gasteiger partial charge in [0.2, 0.25) is 0 Å². The molecular formula is C25H34N4OS2. The van der Waals surface area contributed by atoms with Crippen molar-refractivity contribution in [3.05, 3.63) is 35.4 Å². The Morgan fingerprint density at radius 2 is 2.19 bits per heavy atom. The van der Waals surface area contributed by atoms with Crippen molar-refractivity contribution in [1.29, 1.82) is 0 Å². The molecule has 32 heavy (non-hydrogen) atoms. The van der Waals surface area contributed by atoms with Crippen molar-refractivity contribution >= 4 is 39.9 Å². The molecule has 3 unspecified atom stereocenters. The molecule has 3 N–H and O–H groups in total. The number of allylic oxidation sites excluding steroid dienone is 2. The number of anilines is 1. The molecule has 3 fully saturated rings. The molecule has 0 aromatic heterocycles. The summed E-state index contributed by atoms with van der Waals surface area (Å²) in [6.07, 6.45) is 9.22. The van der Waals surface area contributed by atoms with Gasteiger partial charge in [0.05, 0.1) is 0 Å². The van der Waals surface area contributed by atoms with Gasteiger partial charge in [0.15, 0.2) is 10.3 Å². The molecule has 0 spiro atoms. The zero-order chi connectivity index (χ0) is 22.1. The molecular weight excluding hydrogens is 436 g/mol. The predicted octanol–water partition coefficient (Wildman–Crippen LogP) is 5.18. The van der Waals surface area contributed by atoms with Gasteiger partial charge in [-0.25, -0.2) is 0 Å². The lowest BCUT2D eigenvalue weighted by Gasteiger charge is -2.57. The summed E-state index contributed by atoms with van der Waals surface area (Å²) in [7, 11) is 0. The summed E-state index contributed by atoms with van der Waals surface area (Å²) in [5.74, 6) is 2.80. The van der Waals surface area contributed by atoms with Gasteiger partial charge in [0.1, 0.15) is 11.9 Å². The predicted molar refractivity (Wildman–Crippen MR) is 139 cm³/mol. The maximum absolute atomic E-state index is 6.22. The fraction of sp³-hybridized carbons (Fsp3) is 0.600. The van der Waals surface area contributed by atoms with Crippen molar-refractivity contribution in [3.8, 4) is 5.75 Å². The minimum atomic E-state index is 0.270. The van der Waals surface area contributed by atoms with Crippen molar-refractivity contribution in [2.24, 2.45) is 22.1 Å². The normalized spacial score (nSPS) is 29.6. The van der Waals surface area contributed by atoms with Crippen LogP contribution in [0.1, 0.15) is 51.9 Å². The monoisotopic (exact) mass is 470 g/mol. The topological polar surface area (TPSA) is 62.9 Å². The SMILES string of the molecule is CCN1CCCC(Oc2ccc(NC(=S)/N=C(\N)SCC34CCCC5=C(C3)C4C5)cc2)C1. The number of fused-ring (bicyclic) bond motifs is 2. The first-order valence-electron chi connectivity index (χ1n) is 12.0. The van der Waals surface area contributed by atoms with E-state index < -0.39 is 0 Å². The highest BCUT2D eigenvalue weighted by atomic mass is 32.2. The van der Waals surface area contributed by atoms with Gasteiger partial charge in [-0.2, -0.15) is 4.99 Å². The number of hydrogen-bond acceptors (Lipinski definition) is 4. The van der Waals surface area contributed by atoms with Gasteiger partial charge in [0, 0.05) is 18.0 Å². The number of benzene rings is 1. The molecule has 1 aliphatic heterocycles. The molecule has 5 nitrogen and oxygen atoms in total. The molecule has 1 aromatic rings. The van der Waals surface area contributed by atoms with E-state index in [2.05, 4.69) is 22.1 Å². The first-order valence-corrected chi connectivity index (χ1v) is 13.4. The number of nitrogens with zero attached hydrogens (tertiary/aromatic N) is 2. The lowest BCUT2D eigenvalue weighted by molar-refractivity contribution is 0.0920. The van der Waals surface area contributed by atoms with E-state index >= 15 is 0 Å². The van der Waals surface area contributed by atoms with Crippen LogP contribution in [0.4, 0.5) is 5.69 Å². The summed E-state index contributed by atoms with van der Waals surface area (Å²) in [4.78, 5) is 6.88. The Kier molecular flexibility index (Phi) is 6.50. The molecule has 2 saturated carbocycles. The Labute approximate surface area is 201 Å². The molecule has 1 saturated heterocycles. The zero-order valence-electron chi connectivity index (χ0n) is 18.9. The summed E-state index contributed by atoms with van der Waals surface area (Å²) in [5.41, 5.74) is 11.1. The molecule has 0 radical (unpaired) electrons. The third-order valence-corrected chi connectivity index (χ3v) is 9.10. The number of piperidine rings is 1. The number of nitrogens with two attached hydrogens (primary N) is 1. The number of hydrogen-bond donors (Lipinski definition) is 2. The van der Waals surface area contributed by atoms with E-state index in [0.717, 1.165) is 42.6 Å². The van der Waals surface area contributed by atoms with Crippen molar-refractivity contribution in [1.82, 2.24) is 4.90 Å². The molecule has 6 rings (SSSR count). The van der Waals surface area contributed by atoms with Crippen molar-refractivity contribution in [2.75, 3.05) is 30.7 Å². The quantitative estimate of drug-likeness (QED) is 0.258. The maximum Gasteiger partial charge on any atom is 0.199 e.